The number of nitrogens with one attached hydrogen (secondary N) is 1. The predicted octanol–water partition coefficient (Wildman–Crippen LogP) is 2.06. The average molecular weight is 376 g/mol. The van der Waals surface area contributed by atoms with Crippen LogP contribution in [0, 0.1) is 0 Å². The summed E-state index contributed by atoms with van der Waals surface area (Å²) in [6, 6.07) is 6.72. The first kappa shape index (κ1) is 15.4. The van der Waals surface area contributed by atoms with Crippen LogP contribution >= 0.6 is 15.9 Å². The van der Waals surface area contributed by atoms with Gasteiger partial charge in [-0.2, -0.15) is 0 Å². The van der Waals surface area contributed by atoms with Crippen molar-refractivity contribution >= 4 is 26.0 Å². The van der Waals surface area contributed by atoms with E-state index in [1.165, 1.54) is 0 Å². The Balaban J connectivity index is 1.70. The van der Waals surface area contributed by atoms with Gasteiger partial charge in [0.15, 0.2) is 0 Å². The number of ether oxygens (including phenoxy) is 2. The molecule has 1 aromatic carbocycles. The zero-order chi connectivity index (χ0) is 14.9. The zero-order valence-corrected chi connectivity index (χ0v) is 13.9. The Morgan fingerprint density at radius 1 is 1.10 bits per heavy atom. The molecule has 1 saturated heterocycles. The van der Waals surface area contributed by atoms with E-state index in [1.54, 1.807) is 24.3 Å². The minimum Gasteiger partial charge on any atom is -0.373 e. The van der Waals surface area contributed by atoms with Crippen LogP contribution in [0.3, 0.4) is 0 Å². The highest BCUT2D eigenvalue weighted by atomic mass is 79.9. The predicted molar refractivity (Wildman–Crippen MR) is 81.6 cm³/mol. The molecule has 2 aliphatic rings. The quantitative estimate of drug-likeness (QED) is 0.877. The molecule has 2 fully saturated rings. The van der Waals surface area contributed by atoms with Crippen LogP contribution < -0.4 is 4.72 Å². The van der Waals surface area contributed by atoms with Crippen LogP contribution in [-0.4, -0.2) is 39.9 Å². The lowest BCUT2D eigenvalue weighted by Gasteiger charge is -2.38. The minimum atomic E-state index is -3.52. The van der Waals surface area contributed by atoms with Gasteiger partial charge in [-0.25, -0.2) is 13.1 Å². The molecule has 0 aromatic heterocycles. The summed E-state index contributed by atoms with van der Waals surface area (Å²) in [6.45, 7) is 1.22. The molecule has 0 amide bonds. The van der Waals surface area contributed by atoms with Crippen LogP contribution in [-0.2, 0) is 19.5 Å². The van der Waals surface area contributed by atoms with Crippen molar-refractivity contribution in [2.75, 3.05) is 13.2 Å². The lowest BCUT2D eigenvalue weighted by Crippen LogP contribution is -2.49. The molecule has 1 N–H and O–H groups in total. The van der Waals surface area contributed by atoms with Crippen LogP contribution in [0.15, 0.2) is 33.6 Å². The van der Waals surface area contributed by atoms with Gasteiger partial charge in [-0.05, 0) is 47.3 Å². The van der Waals surface area contributed by atoms with Gasteiger partial charge in [0, 0.05) is 10.5 Å². The van der Waals surface area contributed by atoms with E-state index in [0.29, 0.717) is 24.1 Å². The van der Waals surface area contributed by atoms with Gasteiger partial charge in [0.1, 0.15) is 0 Å². The molecule has 3 rings (SSSR count). The number of hydrogen-bond acceptors (Lipinski definition) is 4. The third-order valence-electron chi connectivity index (χ3n) is 3.93. The van der Waals surface area contributed by atoms with E-state index in [0.717, 1.165) is 12.8 Å². The summed E-state index contributed by atoms with van der Waals surface area (Å²) < 4.78 is 39.6. The van der Waals surface area contributed by atoms with E-state index in [9.17, 15) is 8.42 Å². The standard InChI is InChI=1S/C14H18BrNO4S/c15-11-3-1-2-4-14(11)21(17,18)16-10-5-6-12-13(9-10)20-8-7-19-12/h1-4,10,12-13,16H,5-9H2/t10-,12-,13-/m1/s1. The van der Waals surface area contributed by atoms with Crippen LogP contribution in [0.25, 0.3) is 0 Å². The van der Waals surface area contributed by atoms with E-state index in [2.05, 4.69) is 20.7 Å². The number of benzene rings is 1. The van der Waals surface area contributed by atoms with Gasteiger partial charge < -0.3 is 9.47 Å². The Morgan fingerprint density at radius 3 is 2.57 bits per heavy atom. The smallest absolute Gasteiger partial charge is 0.241 e. The third kappa shape index (κ3) is 3.48. The summed E-state index contributed by atoms with van der Waals surface area (Å²) in [5.41, 5.74) is 0. The molecule has 1 aliphatic carbocycles. The first-order valence-electron chi connectivity index (χ1n) is 7.06. The molecule has 116 valence electrons. The Bertz CT molecular complexity index is 607. The van der Waals surface area contributed by atoms with Crippen LogP contribution in [0.1, 0.15) is 19.3 Å². The lowest BCUT2D eigenvalue weighted by molar-refractivity contribution is -0.156. The minimum absolute atomic E-state index is 0.000543. The van der Waals surface area contributed by atoms with Gasteiger partial charge in [-0.15, -0.1) is 0 Å². The Morgan fingerprint density at radius 2 is 1.81 bits per heavy atom. The Hall–Kier alpha value is -0.470. The summed E-state index contributed by atoms with van der Waals surface area (Å²) in [4.78, 5) is 0.271. The second kappa shape index (κ2) is 6.34. The van der Waals surface area contributed by atoms with Gasteiger partial charge >= 0.3 is 0 Å². The summed E-state index contributed by atoms with van der Waals surface area (Å²) in [5, 5.41) is 0. The monoisotopic (exact) mass is 375 g/mol. The second-order valence-electron chi connectivity index (χ2n) is 5.38. The van der Waals surface area contributed by atoms with Gasteiger partial charge in [0.2, 0.25) is 10.0 Å². The number of rotatable bonds is 3. The molecule has 1 saturated carbocycles. The maximum Gasteiger partial charge on any atom is 0.241 e. The first-order valence-corrected chi connectivity index (χ1v) is 9.34. The number of hydrogen-bond donors (Lipinski definition) is 1. The van der Waals surface area contributed by atoms with Crippen molar-refractivity contribution in [2.45, 2.75) is 42.4 Å². The average Bonchev–Trinajstić information content (AvgIpc) is 2.47. The normalized spacial score (nSPS) is 29.9. The zero-order valence-electron chi connectivity index (χ0n) is 11.5. The van der Waals surface area contributed by atoms with Crippen molar-refractivity contribution in [2.24, 2.45) is 0 Å². The highest BCUT2D eigenvalue weighted by Crippen LogP contribution is 2.28. The Kier molecular flexibility index (Phi) is 4.66. The van der Waals surface area contributed by atoms with Gasteiger partial charge in [0.05, 0.1) is 30.3 Å². The fourth-order valence-electron chi connectivity index (χ4n) is 2.92. The fourth-order valence-corrected chi connectivity index (χ4v) is 5.21. The molecule has 3 atom stereocenters. The van der Waals surface area contributed by atoms with Gasteiger partial charge in [-0.1, -0.05) is 12.1 Å². The van der Waals surface area contributed by atoms with Crippen LogP contribution in [0.5, 0.6) is 0 Å². The molecule has 0 unspecified atom stereocenters. The summed E-state index contributed by atoms with van der Waals surface area (Å²) in [6.07, 6.45) is 2.37. The molecule has 0 bridgehead atoms. The van der Waals surface area contributed by atoms with Crippen molar-refractivity contribution < 1.29 is 17.9 Å². The molecule has 7 heteroatoms. The van der Waals surface area contributed by atoms with E-state index < -0.39 is 10.0 Å². The maximum absolute atomic E-state index is 12.5. The lowest BCUT2D eigenvalue weighted by atomic mass is 9.90. The topological polar surface area (TPSA) is 64.6 Å². The molecule has 5 nitrogen and oxygen atoms in total. The largest absolute Gasteiger partial charge is 0.373 e. The number of fused-ring (bicyclic) bond motifs is 1. The highest BCUT2D eigenvalue weighted by molar-refractivity contribution is 9.10. The molecule has 1 aromatic rings. The van der Waals surface area contributed by atoms with Crippen LogP contribution in [0.2, 0.25) is 0 Å². The van der Waals surface area contributed by atoms with E-state index in [4.69, 9.17) is 9.47 Å². The van der Waals surface area contributed by atoms with Gasteiger partial charge in [-0.3, -0.25) is 0 Å². The van der Waals surface area contributed by atoms with Crippen LogP contribution in [0.4, 0.5) is 0 Å². The molecule has 1 heterocycles. The van der Waals surface area contributed by atoms with E-state index in [-0.39, 0.29) is 23.1 Å². The summed E-state index contributed by atoms with van der Waals surface area (Å²) >= 11 is 3.29. The molecule has 0 spiro atoms. The van der Waals surface area contributed by atoms with Crippen molar-refractivity contribution in [1.29, 1.82) is 0 Å². The highest BCUT2D eigenvalue weighted by Gasteiger charge is 2.36. The maximum atomic E-state index is 12.5. The van der Waals surface area contributed by atoms with Gasteiger partial charge in [0.25, 0.3) is 0 Å². The second-order valence-corrected chi connectivity index (χ2v) is 7.92. The molecular formula is C14H18BrNO4S. The Labute approximate surface area is 133 Å². The summed E-state index contributed by atoms with van der Waals surface area (Å²) in [7, 11) is -3.52. The van der Waals surface area contributed by atoms with Crippen molar-refractivity contribution in [3.8, 4) is 0 Å². The summed E-state index contributed by atoms with van der Waals surface area (Å²) in [5.74, 6) is 0. The number of halogens is 1. The molecule has 0 radical (unpaired) electrons. The molecular weight excluding hydrogens is 358 g/mol. The molecule has 21 heavy (non-hydrogen) atoms. The van der Waals surface area contributed by atoms with Crippen molar-refractivity contribution in [3.63, 3.8) is 0 Å². The third-order valence-corrected chi connectivity index (χ3v) is 6.46. The van der Waals surface area contributed by atoms with Crippen molar-refractivity contribution in [1.82, 2.24) is 4.72 Å². The molecule has 1 aliphatic heterocycles. The van der Waals surface area contributed by atoms with E-state index >= 15 is 0 Å². The number of sulfonamides is 1. The van der Waals surface area contributed by atoms with E-state index in [1.807, 2.05) is 0 Å². The van der Waals surface area contributed by atoms with Crippen molar-refractivity contribution in [3.05, 3.63) is 28.7 Å². The first-order chi connectivity index (χ1) is 10.1. The SMILES string of the molecule is O=S(=O)(N[C@@H]1CC[C@H]2OCCO[C@@H]2C1)c1ccccc1Br. The fraction of sp³-hybridized carbons (Fsp3) is 0.571.